The molecule has 0 saturated carbocycles. The molecule has 90 valence electrons. The Morgan fingerprint density at radius 2 is 2.29 bits per heavy atom. The van der Waals surface area contributed by atoms with E-state index in [1.54, 1.807) is 0 Å². The van der Waals surface area contributed by atoms with Gasteiger partial charge in [-0.1, -0.05) is 11.6 Å². The summed E-state index contributed by atoms with van der Waals surface area (Å²) in [5.41, 5.74) is 0.338. The van der Waals surface area contributed by atoms with Gasteiger partial charge < -0.3 is 9.53 Å². The molecule has 0 amide bonds. The van der Waals surface area contributed by atoms with E-state index < -0.39 is 4.92 Å². The third-order valence-corrected chi connectivity index (χ3v) is 3.06. The van der Waals surface area contributed by atoms with E-state index >= 15 is 0 Å². The molecule has 1 aromatic rings. The maximum Gasteiger partial charge on any atom is 0.288 e. The van der Waals surface area contributed by atoms with Crippen molar-refractivity contribution in [1.29, 1.82) is 0 Å². The number of carbonyl (C=O) groups is 1. The second-order valence-electron chi connectivity index (χ2n) is 4.01. The number of fused-ring (bicyclic) bond motifs is 1. The summed E-state index contributed by atoms with van der Waals surface area (Å²) in [6.07, 6.45) is 1.21. The Labute approximate surface area is 102 Å². The Morgan fingerprint density at radius 1 is 1.59 bits per heavy atom. The number of halogens is 1. The lowest BCUT2D eigenvalue weighted by atomic mass is 9.91. The SMILES string of the molecule is CC1CC(C=O)c2cc([N+](=O)[O-])c(Cl)cc2O1. The van der Waals surface area contributed by atoms with E-state index in [0.717, 1.165) is 6.29 Å². The van der Waals surface area contributed by atoms with Crippen molar-refractivity contribution in [2.75, 3.05) is 0 Å². The van der Waals surface area contributed by atoms with Crippen LogP contribution in [0.2, 0.25) is 5.02 Å². The summed E-state index contributed by atoms with van der Waals surface area (Å²) in [6, 6.07) is 2.73. The summed E-state index contributed by atoms with van der Waals surface area (Å²) in [6.45, 7) is 1.84. The summed E-state index contributed by atoms with van der Waals surface area (Å²) >= 11 is 5.78. The smallest absolute Gasteiger partial charge is 0.288 e. The Balaban J connectivity index is 2.56. The maximum atomic E-state index is 11.0. The molecule has 0 fully saturated rings. The zero-order valence-corrected chi connectivity index (χ0v) is 9.81. The Bertz CT molecular complexity index is 489. The summed E-state index contributed by atoms with van der Waals surface area (Å²) in [5.74, 6) is 0.0844. The van der Waals surface area contributed by atoms with Crippen LogP contribution in [0.3, 0.4) is 0 Å². The fourth-order valence-electron chi connectivity index (χ4n) is 1.97. The van der Waals surface area contributed by atoms with Crippen molar-refractivity contribution in [2.24, 2.45) is 0 Å². The molecule has 2 unspecified atom stereocenters. The van der Waals surface area contributed by atoms with Gasteiger partial charge in [-0.3, -0.25) is 10.1 Å². The molecule has 1 aromatic carbocycles. The van der Waals surface area contributed by atoms with Gasteiger partial charge in [-0.2, -0.15) is 0 Å². The zero-order chi connectivity index (χ0) is 12.6. The third kappa shape index (κ3) is 2.10. The highest BCUT2D eigenvalue weighted by molar-refractivity contribution is 6.32. The molecule has 2 rings (SSSR count). The first-order valence-electron chi connectivity index (χ1n) is 5.12. The first-order chi connectivity index (χ1) is 8.02. The summed E-state index contributed by atoms with van der Waals surface area (Å²) in [7, 11) is 0. The molecule has 0 aromatic heterocycles. The molecule has 5 nitrogen and oxygen atoms in total. The van der Waals surface area contributed by atoms with Crippen molar-refractivity contribution < 1.29 is 14.5 Å². The van der Waals surface area contributed by atoms with E-state index in [0.29, 0.717) is 17.7 Å². The van der Waals surface area contributed by atoms with E-state index in [-0.39, 0.29) is 22.7 Å². The fraction of sp³-hybridized carbons (Fsp3) is 0.364. The molecule has 2 atom stereocenters. The topological polar surface area (TPSA) is 69.4 Å². The average molecular weight is 256 g/mol. The molecule has 0 radical (unpaired) electrons. The van der Waals surface area contributed by atoms with Gasteiger partial charge in [0.15, 0.2) is 0 Å². The second kappa shape index (κ2) is 4.33. The molecule has 0 N–H and O–H groups in total. The first-order valence-corrected chi connectivity index (χ1v) is 5.50. The molecule has 1 aliphatic rings. The van der Waals surface area contributed by atoms with Crippen molar-refractivity contribution in [3.05, 3.63) is 32.8 Å². The number of hydrogen-bond acceptors (Lipinski definition) is 4. The normalized spacial score (nSPS) is 22.5. The minimum Gasteiger partial charge on any atom is -0.490 e. The van der Waals surface area contributed by atoms with Gasteiger partial charge in [0.2, 0.25) is 0 Å². The van der Waals surface area contributed by atoms with Gasteiger partial charge in [-0.05, 0) is 13.3 Å². The van der Waals surface area contributed by atoms with Crippen molar-refractivity contribution in [3.63, 3.8) is 0 Å². The van der Waals surface area contributed by atoms with Crippen LogP contribution in [-0.4, -0.2) is 17.3 Å². The van der Waals surface area contributed by atoms with Crippen LogP contribution in [0.5, 0.6) is 5.75 Å². The number of benzene rings is 1. The monoisotopic (exact) mass is 255 g/mol. The van der Waals surface area contributed by atoms with Crippen LogP contribution in [0.4, 0.5) is 5.69 Å². The largest absolute Gasteiger partial charge is 0.490 e. The number of aldehydes is 1. The molecular weight excluding hydrogens is 246 g/mol. The number of carbonyl (C=O) groups excluding carboxylic acids is 1. The number of ether oxygens (including phenoxy) is 1. The van der Waals surface area contributed by atoms with Gasteiger partial charge in [0, 0.05) is 23.6 Å². The van der Waals surface area contributed by atoms with Crippen LogP contribution in [0.25, 0.3) is 0 Å². The van der Waals surface area contributed by atoms with Crippen LogP contribution in [0.1, 0.15) is 24.8 Å². The summed E-state index contributed by atoms with van der Waals surface area (Å²) < 4.78 is 5.51. The summed E-state index contributed by atoms with van der Waals surface area (Å²) in [5, 5.41) is 10.8. The highest BCUT2D eigenvalue weighted by Crippen LogP contribution is 2.40. The molecule has 1 aliphatic heterocycles. The van der Waals surface area contributed by atoms with Crippen LogP contribution in [-0.2, 0) is 4.79 Å². The Hall–Kier alpha value is -1.62. The van der Waals surface area contributed by atoms with E-state index in [9.17, 15) is 14.9 Å². The predicted octanol–water partition coefficient (Wildman–Crippen LogP) is 2.70. The van der Waals surface area contributed by atoms with Gasteiger partial charge >= 0.3 is 0 Å². The second-order valence-corrected chi connectivity index (χ2v) is 4.41. The van der Waals surface area contributed by atoms with Crippen LogP contribution in [0, 0.1) is 10.1 Å². The highest BCUT2D eigenvalue weighted by Gasteiger charge is 2.29. The number of rotatable bonds is 2. The van der Waals surface area contributed by atoms with Crippen molar-refractivity contribution in [2.45, 2.75) is 25.4 Å². The predicted molar refractivity (Wildman–Crippen MR) is 61.6 cm³/mol. The van der Waals surface area contributed by atoms with Gasteiger partial charge in [0.1, 0.15) is 17.1 Å². The first kappa shape index (κ1) is 11.9. The van der Waals surface area contributed by atoms with Crippen LogP contribution >= 0.6 is 11.6 Å². The molecule has 17 heavy (non-hydrogen) atoms. The lowest BCUT2D eigenvalue weighted by molar-refractivity contribution is -0.384. The van der Waals surface area contributed by atoms with Crippen molar-refractivity contribution in [3.8, 4) is 5.75 Å². The van der Waals surface area contributed by atoms with Gasteiger partial charge in [-0.25, -0.2) is 0 Å². The summed E-state index contributed by atoms with van der Waals surface area (Å²) in [4.78, 5) is 21.2. The zero-order valence-electron chi connectivity index (χ0n) is 9.05. The van der Waals surface area contributed by atoms with Crippen LogP contribution in [0.15, 0.2) is 12.1 Å². The quantitative estimate of drug-likeness (QED) is 0.463. The Kier molecular flexibility index (Phi) is 3.02. The lowest BCUT2D eigenvalue weighted by Crippen LogP contribution is -2.23. The van der Waals surface area contributed by atoms with Gasteiger partial charge in [0.05, 0.1) is 11.0 Å². The molecule has 0 spiro atoms. The number of nitro groups is 1. The average Bonchev–Trinajstić information content (AvgIpc) is 2.26. The van der Waals surface area contributed by atoms with Crippen molar-refractivity contribution in [1.82, 2.24) is 0 Å². The molecule has 0 saturated heterocycles. The van der Waals surface area contributed by atoms with E-state index in [1.165, 1.54) is 12.1 Å². The lowest BCUT2D eigenvalue weighted by Gasteiger charge is -2.27. The molecular formula is C11H10ClNO4. The minimum absolute atomic E-state index is 0.0208. The van der Waals surface area contributed by atoms with E-state index in [1.807, 2.05) is 6.92 Å². The standard InChI is InChI=1S/C11H10ClNO4/c1-6-2-7(5-14)8-3-10(13(15)16)9(12)4-11(8)17-6/h3-7H,2H2,1H3. The number of nitrogens with zero attached hydrogens (tertiary/aromatic N) is 1. The number of hydrogen-bond donors (Lipinski definition) is 0. The van der Waals surface area contributed by atoms with Crippen molar-refractivity contribution >= 4 is 23.6 Å². The number of nitro benzene ring substituents is 1. The highest BCUT2D eigenvalue weighted by atomic mass is 35.5. The third-order valence-electron chi connectivity index (χ3n) is 2.75. The maximum absolute atomic E-state index is 11.0. The molecule has 0 bridgehead atoms. The van der Waals surface area contributed by atoms with Gasteiger partial charge in [0.25, 0.3) is 5.69 Å². The van der Waals surface area contributed by atoms with E-state index in [4.69, 9.17) is 16.3 Å². The van der Waals surface area contributed by atoms with E-state index in [2.05, 4.69) is 0 Å². The van der Waals surface area contributed by atoms with Gasteiger partial charge in [-0.15, -0.1) is 0 Å². The molecule has 1 heterocycles. The molecule has 0 aliphatic carbocycles. The van der Waals surface area contributed by atoms with Crippen LogP contribution < -0.4 is 4.74 Å². The minimum atomic E-state index is -0.567. The molecule has 6 heteroatoms. The Morgan fingerprint density at radius 3 is 2.88 bits per heavy atom. The fourth-order valence-corrected chi connectivity index (χ4v) is 2.19.